The SMILES string of the molecule is OCc1ccc(NC2CCCC(C3CC3)C2)cc1. The largest absolute Gasteiger partial charge is 0.392 e. The monoisotopic (exact) mass is 245 g/mol. The van der Waals surface area contributed by atoms with E-state index in [4.69, 9.17) is 5.11 Å². The van der Waals surface area contributed by atoms with E-state index in [1.165, 1.54) is 44.2 Å². The average Bonchev–Trinajstić information content (AvgIpc) is 3.24. The summed E-state index contributed by atoms with van der Waals surface area (Å²) in [5, 5.41) is 12.7. The number of hydrogen-bond donors (Lipinski definition) is 2. The predicted molar refractivity (Wildman–Crippen MR) is 74.5 cm³/mol. The van der Waals surface area contributed by atoms with Crippen LogP contribution in [0.25, 0.3) is 0 Å². The van der Waals surface area contributed by atoms with Crippen molar-refractivity contribution in [2.75, 3.05) is 5.32 Å². The van der Waals surface area contributed by atoms with Crippen molar-refractivity contribution >= 4 is 5.69 Å². The number of aliphatic hydroxyl groups is 1. The third kappa shape index (κ3) is 2.86. The quantitative estimate of drug-likeness (QED) is 0.850. The van der Waals surface area contributed by atoms with Crippen LogP contribution in [0.4, 0.5) is 5.69 Å². The first kappa shape index (κ1) is 12.0. The molecule has 3 rings (SSSR count). The van der Waals surface area contributed by atoms with Crippen molar-refractivity contribution < 1.29 is 5.11 Å². The second kappa shape index (κ2) is 5.31. The molecule has 0 amide bonds. The van der Waals surface area contributed by atoms with Gasteiger partial charge >= 0.3 is 0 Å². The van der Waals surface area contributed by atoms with E-state index < -0.39 is 0 Å². The highest BCUT2D eigenvalue weighted by Crippen LogP contribution is 2.44. The number of hydrogen-bond acceptors (Lipinski definition) is 2. The zero-order valence-corrected chi connectivity index (χ0v) is 10.9. The van der Waals surface area contributed by atoms with Crippen LogP contribution in [0, 0.1) is 11.8 Å². The number of benzene rings is 1. The molecule has 0 radical (unpaired) electrons. The highest BCUT2D eigenvalue weighted by Gasteiger charge is 2.34. The third-order valence-corrected chi connectivity index (χ3v) is 4.51. The summed E-state index contributed by atoms with van der Waals surface area (Å²) in [4.78, 5) is 0. The summed E-state index contributed by atoms with van der Waals surface area (Å²) in [5.41, 5.74) is 2.19. The molecule has 0 spiro atoms. The lowest BCUT2D eigenvalue weighted by Gasteiger charge is -2.30. The maximum atomic E-state index is 9.03. The van der Waals surface area contributed by atoms with Gasteiger partial charge in [0.05, 0.1) is 6.61 Å². The van der Waals surface area contributed by atoms with Crippen LogP contribution in [0.1, 0.15) is 44.1 Å². The Bertz CT molecular complexity index is 383. The van der Waals surface area contributed by atoms with Gasteiger partial charge in [-0.1, -0.05) is 25.0 Å². The summed E-state index contributed by atoms with van der Waals surface area (Å²) in [6, 6.07) is 8.84. The Morgan fingerprint density at radius 1 is 1.00 bits per heavy atom. The molecule has 2 unspecified atom stereocenters. The Morgan fingerprint density at radius 2 is 1.78 bits per heavy atom. The zero-order valence-electron chi connectivity index (χ0n) is 10.9. The van der Waals surface area contributed by atoms with Crippen molar-refractivity contribution in [3.63, 3.8) is 0 Å². The van der Waals surface area contributed by atoms with Crippen LogP contribution in [0.15, 0.2) is 24.3 Å². The molecule has 0 aliphatic heterocycles. The average molecular weight is 245 g/mol. The fourth-order valence-corrected chi connectivity index (χ4v) is 3.30. The summed E-state index contributed by atoms with van der Waals surface area (Å²) in [5.74, 6) is 2.03. The molecule has 2 nitrogen and oxygen atoms in total. The van der Waals surface area contributed by atoms with Crippen LogP contribution >= 0.6 is 0 Å². The van der Waals surface area contributed by atoms with Gasteiger partial charge in [0, 0.05) is 11.7 Å². The minimum Gasteiger partial charge on any atom is -0.392 e. The van der Waals surface area contributed by atoms with Crippen LogP contribution < -0.4 is 5.32 Å². The molecule has 0 saturated heterocycles. The molecule has 2 saturated carbocycles. The molecule has 2 N–H and O–H groups in total. The van der Waals surface area contributed by atoms with Gasteiger partial charge in [-0.2, -0.15) is 0 Å². The van der Waals surface area contributed by atoms with E-state index >= 15 is 0 Å². The van der Waals surface area contributed by atoms with Crippen LogP contribution in [0.2, 0.25) is 0 Å². The lowest BCUT2D eigenvalue weighted by atomic mass is 9.82. The number of aliphatic hydroxyl groups excluding tert-OH is 1. The standard InChI is InChI=1S/C16H23NO/c18-11-12-4-8-15(9-5-12)17-16-3-1-2-14(10-16)13-6-7-13/h4-5,8-9,13-14,16-18H,1-3,6-7,10-11H2. The van der Waals surface area contributed by atoms with Crippen molar-refractivity contribution in [1.29, 1.82) is 0 Å². The van der Waals surface area contributed by atoms with E-state index in [2.05, 4.69) is 17.4 Å². The molecule has 2 heteroatoms. The summed E-state index contributed by atoms with van der Waals surface area (Å²) in [7, 11) is 0. The Kier molecular flexibility index (Phi) is 3.55. The Morgan fingerprint density at radius 3 is 2.44 bits per heavy atom. The van der Waals surface area contributed by atoms with Crippen LogP contribution in [0.5, 0.6) is 0 Å². The number of anilines is 1. The molecular weight excluding hydrogens is 222 g/mol. The highest BCUT2D eigenvalue weighted by molar-refractivity contribution is 5.45. The molecule has 0 heterocycles. The molecule has 1 aromatic carbocycles. The Hall–Kier alpha value is -1.02. The van der Waals surface area contributed by atoms with E-state index in [0.717, 1.165) is 17.4 Å². The molecule has 0 aromatic heterocycles. The molecule has 2 fully saturated rings. The second-order valence-electron chi connectivity index (χ2n) is 5.96. The van der Waals surface area contributed by atoms with Crippen molar-refractivity contribution in [3.05, 3.63) is 29.8 Å². The summed E-state index contributed by atoms with van der Waals surface area (Å²) in [6.07, 6.45) is 8.45. The van der Waals surface area contributed by atoms with E-state index in [9.17, 15) is 0 Å². The van der Waals surface area contributed by atoms with E-state index in [1.54, 1.807) is 0 Å². The number of nitrogens with one attached hydrogen (secondary N) is 1. The van der Waals surface area contributed by atoms with E-state index in [1.807, 2.05) is 12.1 Å². The minimum atomic E-state index is 0.132. The van der Waals surface area contributed by atoms with Gasteiger partial charge in [0.25, 0.3) is 0 Å². The van der Waals surface area contributed by atoms with Gasteiger partial charge in [0.1, 0.15) is 0 Å². The first-order valence-corrected chi connectivity index (χ1v) is 7.31. The van der Waals surface area contributed by atoms with E-state index in [-0.39, 0.29) is 6.61 Å². The molecule has 2 atom stereocenters. The normalized spacial score (nSPS) is 28.1. The molecule has 1 aromatic rings. The van der Waals surface area contributed by atoms with E-state index in [0.29, 0.717) is 6.04 Å². The molecule has 2 aliphatic carbocycles. The minimum absolute atomic E-state index is 0.132. The van der Waals surface area contributed by atoms with Crippen molar-refractivity contribution in [1.82, 2.24) is 0 Å². The lowest BCUT2D eigenvalue weighted by Crippen LogP contribution is -2.28. The summed E-state index contributed by atoms with van der Waals surface area (Å²) in [6.45, 7) is 0.132. The lowest BCUT2D eigenvalue weighted by molar-refractivity contribution is 0.282. The summed E-state index contributed by atoms with van der Waals surface area (Å²) < 4.78 is 0. The van der Waals surface area contributed by atoms with Crippen molar-refractivity contribution in [2.45, 2.75) is 51.2 Å². The van der Waals surface area contributed by atoms with Crippen LogP contribution in [0.3, 0.4) is 0 Å². The zero-order chi connectivity index (χ0) is 12.4. The van der Waals surface area contributed by atoms with Gasteiger partial charge < -0.3 is 10.4 Å². The van der Waals surface area contributed by atoms with Gasteiger partial charge in [0.2, 0.25) is 0 Å². The first-order chi connectivity index (χ1) is 8.85. The second-order valence-corrected chi connectivity index (χ2v) is 5.96. The van der Waals surface area contributed by atoms with Crippen LogP contribution in [-0.4, -0.2) is 11.1 Å². The molecular formula is C16H23NO. The fourth-order valence-electron chi connectivity index (χ4n) is 3.30. The highest BCUT2D eigenvalue weighted by atomic mass is 16.3. The van der Waals surface area contributed by atoms with Gasteiger partial charge in [-0.25, -0.2) is 0 Å². The fraction of sp³-hybridized carbons (Fsp3) is 0.625. The predicted octanol–water partition coefficient (Wildman–Crippen LogP) is 3.56. The molecule has 0 bridgehead atoms. The summed E-state index contributed by atoms with van der Waals surface area (Å²) >= 11 is 0. The molecule has 98 valence electrons. The smallest absolute Gasteiger partial charge is 0.0681 e. The third-order valence-electron chi connectivity index (χ3n) is 4.51. The molecule has 18 heavy (non-hydrogen) atoms. The van der Waals surface area contributed by atoms with Crippen molar-refractivity contribution in [2.24, 2.45) is 11.8 Å². The Balaban J connectivity index is 1.57. The topological polar surface area (TPSA) is 32.3 Å². The van der Waals surface area contributed by atoms with Gasteiger partial charge in [-0.3, -0.25) is 0 Å². The Labute approximate surface area is 109 Å². The van der Waals surface area contributed by atoms with Crippen LogP contribution in [-0.2, 0) is 6.61 Å². The maximum absolute atomic E-state index is 9.03. The maximum Gasteiger partial charge on any atom is 0.0681 e. The molecule has 2 aliphatic rings. The van der Waals surface area contributed by atoms with Crippen molar-refractivity contribution in [3.8, 4) is 0 Å². The van der Waals surface area contributed by atoms with Gasteiger partial charge in [-0.15, -0.1) is 0 Å². The first-order valence-electron chi connectivity index (χ1n) is 7.31. The number of rotatable bonds is 4. The van der Waals surface area contributed by atoms with Gasteiger partial charge in [-0.05, 0) is 55.2 Å². The van der Waals surface area contributed by atoms with Gasteiger partial charge in [0.15, 0.2) is 0 Å².